The van der Waals surface area contributed by atoms with Gasteiger partial charge >= 0.3 is 0 Å². The molecule has 0 saturated carbocycles. The van der Waals surface area contributed by atoms with E-state index in [1.165, 1.54) is 0 Å². The first-order chi connectivity index (χ1) is 11.3. The van der Waals surface area contributed by atoms with Crippen LogP contribution in [0.4, 0.5) is 0 Å². The van der Waals surface area contributed by atoms with E-state index in [0.29, 0.717) is 44.4 Å². The minimum atomic E-state index is 0.0127. The van der Waals surface area contributed by atoms with Crippen molar-refractivity contribution < 1.29 is 14.1 Å². The Morgan fingerprint density at radius 1 is 1.22 bits per heavy atom. The molecule has 1 aromatic heterocycles. The third-order valence-electron chi connectivity index (χ3n) is 3.63. The maximum Gasteiger partial charge on any atom is 0.257 e. The molecule has 0 radical (unpaired) electrons. The Labute approximate surface area is 134 Å². The van der Waals surface area contributed by atoms with E-state index in [0.717, 1.165) is 18.7 Å². The third kappa shape index (κ3) is 4.61. The molecule has 2 aromatic rings. The number of carbonyl (C=O) groups is 1. The molecule has 1 aliphatic rings. The first-order valence-corrected chi connectivity index (χ1v) is 7.76. The van der Waals surface area contributed by atoms with Crippen LogP contribution in [0.2, 0.25) is 0 Å². The number of ether oxygens (including phenoxy) is 1. The van der Waals surface area contributed by atoms with E-state index in [1.807, 2.05) is 30.3 Å². The van der Waals surface area contributed by atoms with Gasteiger partial charge in [0, 0.05) is 31.6 Å². The average Bonchev–Trinajstić information content (AvgIpc) is 3.05. The second-order valence-corrected chi connectivity index (χ2v) is 5.37. The molecule has 0 bridgehead atoms. The van der Waals surface area contributed by atoms with Crippen LogP contribution in [0.15, 0.2) is 34.9 Å². The number of hydrogen-bond acceptors (Lipinski definition) is 6. The molecule has 0 unspecified atom stereocenters. The van der Waals surface area contributed by atoms with Crippen LogP contribution in [0.3, 0.4) is 0 Å². The Kier molecular flexibility index (Phi) is 5.33. The van der Waals surface area contributed by atoms with Gasteiger partial charge in [-0.15, -0.1) is 0 Å². The second-order valence-electron chi connectivity index (χ2n) is 5.37. The molecule has 0 atom stereocenters. The molecule has 1 aromatic carbocycles. The van der Waals surface area contributed by atoms with Crippen LogP contribution in [-0.2, 0) is 16.0 Å². The molecular formula is C16H20N4O3. The Morgan fingerprint density at radius 3 is 2.78 bits per heavy atom. The van der Waals surface area contributed by atoms with Gasteiger partial charge in [0.05, 0.1) is 19.8 Å². The van der Waals surface area contributed by atoms with Crippen LogP contribution in [0.5, 0.6) is 0 Å². The third-order valence-corrected chi connectivity index (χ3v) is 3.63. The van der Waals surface area contributed by atoms with Crippen LogP contribution in [0.25, 0.3) is 11.5 Å². The number of aromatic nitrogens is 2. The van der Waals surface area contributed by atoms with Crippen molar-refractivity contribution in [1.29, 1.82) is 0 Å². The number of carbonyl (C=O) groups excluding carboxylic acids is 1. The summed E-state index contributed by atoms with van der Waals surface area (Å²) < 4.78 is 10.5. The lowest BCUT2D eigenvalue weighted by Gasteiger charge is -2.25. The van der Waals surface area contributed by atoms with Gasteiger partial charge in [-0.1, -0.05) is 23.4 Å². The van der Waals surface area contributed by atoms with Crippen LogP contribution in [0.1, 0.15) is 5.82 Å². The topological polar surface area (TPSA) is 80.5 Å². The first kappa shape index (κ1) is 15.6. The molecule has 1 amide bonds. The molecule has 1 fully saturated rings. The Hall–Kier alpha value is -2.25. The highest BCUT2D eigenvalue weighted by Gasteiger charge is 2.14. The fourth-order valence-electron chi connectivity index (χ4n) is 2.39. The van der Waals surface area contributed by atoms with Crippen molar-refractivity contribution in [2.24, 2.45) is 0 Å². The molecule has 23 heavy (non-hydrogen) atoms. The Balaban J connectivity index is 1.42. The van der Waals surface area contributed by atoms with E-state index in [2.05, 4.69) is 20.4 Å². The molecule has 0 aliphatic carbocycles. The maximum atomic E-state index is 11.9. The number of morpholine rings is 1. The lowest BCUT2D eigenvalue weighted by atomic mass is 10.2. The fraction of sp³-hybridized carbons (Fsp3) is 0.438. The zero-order chi connectivity index (χ0) is 15.9. The minimum absolute atomic E-state index is 0.0127. The minimum Gasteiger partial charge on any atom is -0.379 e. The summed E-state index contributed by atoms with van der Waals surface area (Å²) in [4.78, 5) is 18.3. The van der Waals surface area contributed by atoms with Crippen molar-refractivity contribution in [3.8, 4) is 11.5 Å². The predicted molar refractivity (Wildman–Crippen MR) is 83.7 cm³/mol. The average molecular weight is 316 g/mol. The molecular weight excluding hydrogens is 296 g/mol. The number of benzene rings is 1. The summed E-state index contributed by atoms with van der Waals surface area (Å²) >= 11 is 0. The van der Waals surface area contributed by atoms with Crippen LogP contribution in [0, 0.1) is 0 Å². The molecule has 3 rings (SSSR count). The van der Waals surface area contributed by atoms with Crippen molar-refractivity contribution in [2.75, 3.05) is 39.4 Å². The van der Waals surface area contributed by atoms with E-state index in [4.69, 9.17) is 9.26 Å². The first-order valence-electron chi connectivity index (χ1n) is 7.76. The van der Waals surface area contributed by atoms with E-state index in [9.17, 15) is 4.79 Å². The number of nitrogens with zero attached hydrogens (tertiary/aromatic N) is 3. The highest BCUT2D eigenvalue weighted by atomic mass is 16.5. The van der Waals surface area contributed by atoms with Gasteiger partial charge in [0.1, 0.15) is 0 Å². The molecule has 1 saturated heterocycles. The molecule has 7 heteroatoms. The summed E-state index contributed by atoms with van der Waals surface area (Å²) in [5.41, 5.74) is 0.891. The van der Waals surface area contributed by atoms with E-state index >= 15 is 0 Å². The molecule has 2 heterocycles. The lowest BCUT2D eigenvalue weighted by molar-refractivity contribution is -0.123. The van der Waals surface area contributed by atoms with E-state index in [-0.39, 0.29) is 5.91 Å². The smallest absolute Gasteiger partial charge is 0.257 e. The number of rotatable bonds is 6. The van der Waals surface area contributed by atoms with Crippen molar-refractivity contribution in [1.82, 2.24) is 20.4 Å². The van der Waals surface area contributed by atoms with E-state index < -0.39 is 0 Å². The van der Waals surface area contributed by atoms with Gasteiger partial charge < -0.3 is 14.6 Å². The van der Waals surface area contributed by atoms with E-state index in [1.54, 1.807) is 0 Å². The standard InChI is InChI=1S/C16H20N4O3/c21-15(12-20-8-10-22-11-9-20)17-7-6-14-18-16(23-19-14)13-4-2-1-3-5-13/h1-5H,6-12H2,(H,17,21). The van der Waals surface area contributed by atoms with Crippen LogP contribution >= 0.6 is 0 Å². The van der Waals surface area contributed by atoms with Gasteiger partial charge in [-0.05, 0) is 12.1 Å². The molecule has 1 N–H and O–H groups in total. The highest BCUT2D eigenvalue weighted by molar-refractivity contribution is 5.78. The van der Waals surface area contributed by atoms with Gasteiger partial charge in [-0.3, -0.25) is 9.69 Å². The maximum absolute atomic E-state index is 11.9. The fourth-order valence-corrected chi connectivity index (χ4v) is 2.39. The summed E-state index contributed by atoms with van der Waals surface area (Å²) in [5.74, 6) is 1.11. The summed E-state index contributed by atoms with van der Waals surface area (Å²) in [6.45, 7) is 3.90. The summed E-state index contributed by atoms with van der Waals surface area (Å²) in [5, 5.41) is 6.83. The van der Waals surface area contributed by atoms with Crippen LogP contribution in [-0.4, -0.2) is 60.3 Å². The largest absolute Gasteiger partial charge is 0.379 e. The zero-order valence-electron chi connectivity index (χ0n) is 12.9. The molecule has 1 aliphatic heterocycles. The van der Waals surface area contributed by atoms with Crippen molar-refractivity contribution in [3.63, 3.8) is 0 Å². The summed E-state index contributed by atoms with van der Waals surface area (Å²) in [6.07, 6.45) is 0.547. The highest BCUT2D eigenvalue weighted by Crippen LogP contribution is 2.15. The molecule has 7 nitrogen and oxygen atoms in total. The van der Waals surface area contributed by atoms with Crippen molar-refractivity contribution in [2.45, 2.75) is 6.42 Å². The number of hydrogen-bond donors (Lipinski definition) is 1. The predicted octanol–water partition coefficient (Wildman–Crippen LogP) is 0.728. The second kappa shape index (κ2) is 7.85. The van der Waals surface area contributed by atoms with Gasteiger partial charge in [0.15, 0.2) is 5.82 Å². The quantitative estimate of drug-likeness (QED) is 0.846. The van der Waals surface area contributed by atoms with Crippen LogP contribution < -0.4 is 5.32 Å². The summed E-state index contributed by atoms with van der Waals surface area (Å²) in [6, 6.07) is 9.61. The van der Waals surface area contributed by atoms with Gasteiger partial charge in [-0.2, -0.15) is 4.98 Å². The van der Waals surface area contributed by atoms with Gasteiger partial charge in [0.25, 0.3) is 5.89 Å². The van der Waals surface area contributed by atoms with Gasteiger partial charge in [-0.25, -0.2) is 0 Å². The van der Waals surface area contributed by atoms with Gasteiger partial charge in [0.2, 0.25) is 5.91 Å². The monoisotopic (exact) mass is 316 g/mol. The SMILES string of the molecule is O=C(CN1CCOCC1)NCCc1noc(-c2ccccc2)n1. The number of nitrogens with one attached hydrogen (secondary N) is 1. The lowest BCUT2D eigenvalue weighted by Crippen LogP contribution is -2.43. The molecule has 122 valence electrons. The zero-order valence-corrected chi connectivity index (χ0v) is 12.9. The van der Waals surface area contributed by atoms with Crippen molar-refractivity contribution >= 4 is 5.91 Å². The number of amides is 1. The Bertz CT molecular complexity index is 623. The van der Waals surface area contributed by atoms with Crippen molar-refractivity contribution in [3.05, 3.63) is 36.2 Å². The summed E-state index contributed by atoms with van der Waals surface area (Å²) in [7, 11) is 0. The molecule has 0 spiro atoms. The Morgan fingerprint density at radius 2 is 2.00 bits per heavy atom. The normalized spacial score (nSPS) is 15.5.